The van der Waals surface area contributed by atoms with Gasteiger partial charge in [0.15, 0.2) is 0 Å². The Morgan fingerprint density at radius 2 is 2.09 bits per heavy atom. The maximum Gasteiger partial charge on any atom is 0.236 e. The van der Waals surface area contributed by atoms with Gasteiger partial charge in [-0.3, -0.25) is 9.59 Å². The van der Waals surface area contributed by atoms with E-state index in [0.717, 1.165) is 5.56 Å². The summed E-state index contributed by atoms with van der Waals surface area (Å²) in [5.74, 6) is -0.428. The molecule has 0 aliphatic carbocycles. The predicted octanol–water partition coefficient (Wildman–Crippen LogP) is 1.39. The average molecular weight is 330 g/mol. The first-order valence-corrected chi connectivity index (χ1v) is 7.72. The highest BCUT2D eigenvalue weighted by Gasteiger charge is 2.18. The summed E-state index contributed by atoms with van der Waals surface area (Å²) in [5, 5.41) is 17.7. The van der Waals surface area contributed by atoms with E-state index in [0.29, 0.717) is 10.1 Å². The summed E-state index contributed by atoms with van der Waals surface area (Å²) in [7, 11) is 0. The molecule has 2 N–H and O–H groups in total. The Kier molecular flexibility index (Phi) is 4.29. The van der Waals surface area contributed by atoms with Gasteiger partial charge in [0.2, 0.25) is 21.9 Å². The normalized spacial score (nSPS) is 12.0. The second kappa shape index (κ2) is 6.53. The molecule has 1 atom stereocenters. The number of hydrogen-bond acceptors (Lipinski definition) is 6. The van der Waals surface area contributed by atoms with E-state index in [9.17, 15) is 9.59 Å². The fourth-order valence-electron chi connectivity index (χ4n) is 2.15. The SMILES string of the molecule is CC(=O)N[C@@H](CC(=O)Nc1nn2cnnc2s1)c1ccccc1. The van der Waals surface area contributed by atoms with Crippen LogP contribution in [0.25, 0.3) is 4.96 Å². The van der Waals surface area contributed by atoms with Crippen molar-refractivity contribution in [1.29, 1.82) is 0 Å². The second-order valence-electron chi connectivity index (χ2n) is 4.88. The first-order valence-electron chi connectivity index (χ1n) is 6.90. The molecule has 118 valence electrons. The molecule has 0 saturated carbocycles. The molecule has 0 unspecified atom stereocenters. The van der Waals surface area contributed by atoms with Crippen molar-refractivity contribution in [3.63, 3.8) is 0 Å². The fraction of sp³-hybridized carbons (Fsp3) is 0.214. The summed E-state index contributed by atoms with van der Waals surface area (Å²) >= 11 is 1.23. The highest BCUT2D eigenvalue weighted by molar-refractivity contribution is 7.20. The van der Waals surface area contributed by atoms with Crippen LogP contribution in [0, 0.1) is 0 Å². The minimum atomic E-state index is -0.389. The lowest BCUT2D eigenvalue weighted by Gasteiger charge is -2.17. The van der Waals surface area contributed by atoms with Crippen molar-refractivity contribution in [2.24, 2.45) is 0 Å². The van der Waals surface area contributed by atoms with Crippen molar-refractivity contribution in [2.75, 3.05) is 5.32 Å². The van der Waals surface area contributed by atoms with Gasteiger partial charge in [-0.15, -0.1) is 15.3 Å². The molecule has 2 amide bonds. The molecule has 2 heterocycles. The number of fused-ring (bicyclic) bond motifs is 1. The molecule has 2 aromatic heterocycles. The highest BCUT2D eigenvalue weighted by atomic mass is 32.1. The summed E-state index contributed by atoms with van der Waals surface area (Å²) in [6.07, 6.45) is 1.58. The number of hydrogen-bond donors (Lipinski definition) is 2. The molecular weight excluding hydrogens is 316 g/mol. The van der Waals surface area contributed by atoms with Gasteiger partial charge in [-0.1, -0.05) is 41.7 Å². The summed E-state index contributed by atoms with van der Waals surface area (Å²) in [4.78, 5) is 24.2. The Hall–Kier alpha value is -2.81. The van der Waals surface area contributed by atoms with Crippen LogP contribution in [0.5, 0.6) is 0 Å². The molecule has 3 aromatic rings. The van der Waals surface area contributed by atoms with E-state index in [1.807, 2.05) is 30.3 Å². The van der Waals surface area contributed by atoms with Crippen LogP contribution in [0.3, 0.4) is 0 Å². The first-order chi connectivity index (χ1) is 11.1. The van der Waals surface area contributed by atoms with Crippen molar-refractivity contribution in [3.05, 3.63) is 42.2 Å². The van der Waals surface area contributed by atoms with Crippen LogP contribution in [0.15, 0.2) is 36.7 Å². The third-order valence-electron chi connectivity index (χ3n) is 3.10. The summed E-state index contributed by atoms with van der Waals surface area (Å²) in [5.41, 5.74) is 0.871. The minimum absolute atomic E-state index is 0.115. The van der Waals surface area contributed by atoms with Crippen LogP contribution in [0.4, 0.5) is 5.13 Å². The number of amides is 2. The quantitative estimate of drug-likeness (QED) is 0.736. The fourth-order valence-corrected chi connectivity index (χ4v) is 2.89. The molecule has 0 fully saturated rings. The Bertz CT molecular complexity index is 800. The van der Waals surface area contributed by atoms with E-state index < -0.39 is 0 Å². The topological polar surface area (TPSA) is 101 Å². The third kappa shape index (κ3) is 3.69. The number of anilines is 1. The number of benzene rings is 1. The molecule has 0 bridgehead atoms. The molecule has 8 nitrogen and oxygen atoms in total. The van der Waals surface area contributed by atoms with E-state index in [-0.39, 0.29) is 24.3 Å². The monoisotopic (exact) mass is 330 g/mol. The van der Waals surface area contributed by atoms with Crippen LogP contribution in [-0.2, 0) is 9.59 Å². The zero-order valence-electron chi connectivity index (χ0n) is 12.3. The Labute approximate surface area is 135 Å². The third-order valence-corrected chi connectivity index (χ3v) is 3.93. The average Bonchev–Trinajstić information content (AvgIpc) is 3.08. The second-order valence-corrected chi connectivity index (χ2v) is 5.84. The largest absolute Gasteiger partial charge is 0.349 e. The van der Waals surface area contributed by atoms with E-state index in [1.54, 1.807) is 0 Å². The van der Waals surface area contributed by atoms with E-state index in [1.165, 1.54) is 29.1 Å². The lowest BCUT2D eigenvalue weighted by Crippen LogP contribution is -2.29. The molecule has 1 aromatic carbocycles. The number of nitrogens with one attached hydrogen (secondary N) is 2. The van der Waals surface area contributed by atoms with Crippen molar-refractivity contribution in [3.8, 4) is 0 Å². The molecule has 3 rings (SSSR count). The molecular formula is C14H14N6O2S. The van der Waals surface area contributed by atoms with Gasteiger partial charge in [-0.25, -0.2) is 0 Å². The van der Waals surface area contributed by atoms with E-state index in [2.05, 4.69) is 25.9 Å². The van der Waals surface area contributed by atoms with E-state index >= 15 is 0 Å². The molecule has 0 radical (unpaired) electrons. The zero-order valence-corrected chi connectivity index (χ0v) is 13.1. The van der Waals surface area contributed by atoms with Gasteiger partial charge in [0, 0.05) is 6.92 Å². The van der Waals surface area contributed by atoms with Crippen molar-refractivity contribution in [2.45, 2.75) is 19.4 Å². The Balaban J connectivity index is 1.70. The van der Waals surface area contributed by atoms with Crippen molar-refractivity contribution < 1.29 is 9.59 Å². The number of rotatable bonds is 5. The van der Waals surface area contributed by atoms with Crippen LogP contribution in [0.2, 0.25) is 0 Å². The minimum Gasteiger partial charge on any atom is -0.349 e. The standard InChI is InChI=1S/C14H14N6O2S/c1-9(21)16-11(10-5-3-2-4-6-10)7-12(22)17-13-19-20-8-15-18-14(20)23-13/h2-6,8,11H,7H2,1H3,(H,16,21)(H,17,19,22)/t11-/m0/s1. The predicted molar refractivity (Wildman–Crippen MR) is 84.9 cm³/mol. The summed E-state index contributed by atoms with van der Waals surface area (Å²) < 4.78 is 1.49. The molecule has 0 spiro atoms. The van der Waals surface area contributed by atoms with Gasteiger partial charge >= 0.3 is 0 Å². The van der Waals surface area contributed by atoms with E-state index in [4.69, 9.17) is 0 Å². The highest BCUT2D eigenvalue weighted by Crippen LogP contribution is 2.20. The van der Waals surface area contributed by atoms with Crippen LogP contribution in [0.1, 0.15) is 24.9 Å². The molecule has 9 heteroatoms. The van der Waals surface area contributed by atoms with Gasteiger partial charge < -0.3 is 10.6 Å². The zero-order chi connectivity index (χ0) is 16.2. The maximum absolute atomic E-state index is 12.2. The lowest BCUT2D eigenvalue weighted by atomic mass is 10.0. The Morgan fingerprint density at radius 3 is 2.78 bits per heavy atom. The summed E-state index contributed by atoms with van der Waals surface area (Å²) in [6.45, 7) is 1.43. The Morgan fingerprint density at radius 1 is 1.30 bits per heavy atom. The number of aromatic nitrogens is 4. The van der Waals surface area contributed by atoms with Crippen molar-refractivity contribution in [1.82, 2.24) is 25.1 Å². The molecule has 0 saturated heterocycles. The smallest absolute Gasteiger partial charge is 0.236 e. The van der Waals surface area contributed by atoms with Crippen LogP contribution >= 0.6 is 11.3 Å². The number of nitrogens with zero attached hydrogens (tertiary/aromatic N) is 4. The number of carbonyl (C=O) groups excluding carboxylic acids is 2. The molecule has 23 heavy (non-hydrogen) atoms. The first kappa shape index (κ1) is 15.1. The van der Waals surface area contributed by atoms with Crippen molar-refractivity contribution >= 4 is 33.2 Å². The summed E-state index contributed by atoms with van der Waals surface area (Å²) in [6, 6.07) is 8.97. The van der Waals surface area contributed by atoms with Crippen LogP contribution in [-0.4, -0.2) is 31.6 Å². The molecule has 0 aliphatic heterocycles. The van der Waals surface area contributed by atoms with Gasteiger partial charge in [-0.2, -0.15) is 4.52 Å². The number of carbonyl (C=O) groups is 2. The lowest BCUT2D eigenvalue weighted by molar-refractivity contribution is -0.120. The van der Waals surface area contributed by atoms with Gasteiger partial charge in [0.05, 0.1) is 12.5 Å². The molecule has 0 aliphatic rings. The van der Waals surface area contributed by atoms with Crippen LogP contribution < -0.4 is 10.6 Å². The van der Waals surface area contributed by atoms with Gasteiger partial charge in [0.25, 0.3) is 0 Å². The van der Waals surface area contributed by atoms with Gasteiger partial charge in [-0.05, 0) is 5.56 Å². The van der Waals surface area contributed by atoms with Gasteiger partial charge in [0.1, 0.15) is 6.33 Å². The maximum atomic E-state index is 12.2.